The molecule has 0 amide bonds. The standard InChI is InChI=1S/C14H21F2N/c1-3-8-14(15,16)13-7-5-6-12(9-13)11(4-2)10-17/h5-7,9,11H,3-4,8,10,17H2,1-2H3. The molecule has 1 aromatic carbocycles. The number of hydrogen-bond donors (Lipinski definition) is 1. The third kappa shape index (κ3) is 3.50. The molecule has 0 aromatic heterocycles. The van der Waals surface area contributed by atoms with Crippen LogP contribution in [0.2, 0.25) is 0 Å². The highest BCUT2D eigenvalue weighted by molar-refractivity contribution is 5.29. The van der Waals surface area contributed by atoms with Gasteiger partial charge in [-0.05, 0) is 30.5 Å². The lowest BCUT2D eigenvalue weighted by Crippen LogP contribution is -2.15. The predicted molar refractivity (Wildman–Crippen MR) is 67.3 cm³/mol. The lowest BCUT2D eigenvalue weighted by molar-refractivity contribution is -0.0141. The molecule has 0 saturated carbocycles. The lowest BCUT2D eigenvalue weighted by atomic mass is 9.93. The third-order valence-corrected chi connectivity index (χ3v) is 3.12. The Morgan fingerprint density at radius 1 is 1.29 bits per heavy atom. The average Bonchev–Trinajstić information content (AvgIpc) is 2.31. The van der Waals surface area contributed by atoms with Crippen LogP contribution >= 0.6 is 0 Å². The van der Waals surface area contributed by atoms with E-state index in [-0.39, 0.29) is 17.9 Å². The molecule has 0 aliphatic heterocycles. The van der Waals surface area contributed by atoms with Gasteiger partial charge in [-0.15, -0.1) is 0 Å². The van der Waals surface area contributed by atoms with E-state index in [0.29, 0.717) is 13.0 Å². The molecule has 0 radical (unpaired) electrons. The van der Waals surface area contributed by atoms with E-state index in [4.69, 9.17) is 5.73 Å². The first-order valence-corrected chi connectivity index (χ1v) is 6.23. The van der Waals surface area contributed by atoms with Gasteiger partial charge in [0.15, 0.2) is 0 Å². The highest BCUT2D eigenvalue weighted by Gasteiger charge is 2.30. The minimum absolute atomic E-state index is 0.101. The molecule has 1 atom stereocenters. The summed E-state index contributed by atoms with van der Waals surface area (Å²) in [5.74, 6) is -2.55. The van der Waals surface area contributed by atoms with Crippen LogP contribution in [0.4, 0.5) is 8.78 Å². The fraction of sp³-hybridized carbons (Fsp3) is 0.571. The van der Waals surface area contributed by atoms with Gasteiger partial charge < -0.3 is 5.73 Å². The number of alkyl halides is 2. The van der Waals surface area contributed by atoms with Gasteiger partial charge in [0, 0.05) is 12.0 Å². The van der Waals surface area contributed by atoms with E-state index in [1.165, 1.54) is 6.07 Å². The topological polar surface area (TPSA) is 26.0 Å². The van der Waals surface area contributed by atoms with Gasteiger partial charge in [0.25, 0.3) is 5.92 Å². The molecule has 3 heteroatoms. The summed E-state index contributed by atoms with van der Waals surface area (Å²) in [5, 5.41) is 0. The molecule has 0 aliphatic rings. The molecule has 1 rings (SSSR count). The van der Waals surface area contributed by atoms with E-state index >= 15 is 0 Å². The third-order valence-electron chi connectivity index (χ3n) is 3.12. The van der Waals surface area contributed by atoms with Crippen molar-refractivity contribution < 1.29 is 8.78 Å². The molecule has 0 spiro atoms. The second-order valence-corrected chi connectivity index (χ2v) is 4.42. The van der Waals surface area contributed by atoms with Crippen molar-refractivity contribution in [2.24, 2.45) is 5.73 Å². The summed E-state index contributed by atoms with van der Waals surface area (Å²) in [5.41, 5.74) is 6.68. The molecule has 1 nitrogen and oxygen atoms in total. The maximum atomic E-state index is 13.8. The smallest absolute Gasteiger partial charge is 0.273 e. The van der Waals surface area contributed by atoms with Crippen LogP contribution in [0, 0.1) is 0 Å². The molecule has 0 fully saturated rings. The van der Waals surface area contributed by atoms with Crippen LogP contribution in [0.5, 0.6) is 0 Å². The van der Waals surface area contributed by atoms with Crippen molar-refractivity contribution in [3.63, 3.8) is 0 Å². The van der Waals surface area contributed by atoms with E-state index in [1.54, 1.807) is 19.1 Å². The summed E-state index contributed by atoms with van der Waals surface area (Å²) in [6, 6.07) is 6.69. The van der Waals surface area contributed by atoms with Crippen molar-refractivity contribution in [3.8, 4) is 0 Å². The maximum absolute atomic E-state index is 13.8. The normalized spacial score (nSPS) is 13.7. The molecule has 17 heavy (non-hydrogen) atoms. The van der Waals surface area contributed by atoms with Crippen molar-refractivity contribution in [1.82, 2.24) is 0 Å². The quantitative estimate of drug-likeness (QED) is 0.799. The zero-order valence-corrected chi connectivity index (χ0v) is 10.5. The summed E-state index contributed by atoms with van der Waals surface area (Å²) in [6.45, 7) is 4.29. The van der Waals surface area contributed by atoms with Crippen LogP contribution in [0.1, 0.15) is 50.2 Å². The zero-order chi connectivity index (χ0) is 12.9. The van der Waals surface area contributed by atoms with Gasteiger partial charge in [-0.25, -0.2) is 8.78 Å². The molecular formula is C14H21F2N. The van der Waals surface area contributed by atoms with E-state index in [2.05, 4.69) is 0 Å². The molecular weight excluding hydrogens is 220 g/mol. The second kappa shape index (κ2) is 6.10. The Balaban J connectivity index is 3.00. The summed E-state index contributed by atoms with van der Waals surface area (Å²) < 4.78 is 27.6. The van der Waals surface area contributed by atoms with Gasteiger partial charge in [0.2, 0.25) is 0 Å². The van der Waals surface area contributed by atoms with Crippen LogP contribution in [-0.4, -0.2) is 6.54 Å². The van der Waals surface area contributed by atoms with Gasteiger partial charge in [-0.2, -0.15) is 0 Å². The molecule has 96 valence electrons. The largest absolute Gasteiger partial charge is 0.330 e. The van der Waals surface area contributed by atoms with Crippen molar-refractivity contribution in [1.29, 1.82) is 0 Å². The Morgan fingerprint density at radius 3 is 2.53 bits per heavy atom. The van der Waals surface area contributed by atoms with Gasteiger partial charge in [0.05, 0.1) is 0 Å². The van der Waals surface area contributed by atoms with E-state index in [0.717, 1.165) is 12.0 Å². The lowest BCUT2D eigenvalue weighted by Gasteiger charge is -2.19. The minimum Gasteiger partial charge on any atom is -0.330 e. The Labute approximate surface area is 102 Å². The molecule has 0 aliphatic carbocycles. The first kappa shape index (κ1) is 14.1. The fourth-order valence-corrected chi connectivity index (χ4v) is 2.02. The number of benzene rings is 1. The van der Waals surface area contributed by atoms with Crippen LogP contribution < -0.4 is 5.73 Å². The Bertz CT molecular complexity index is 346. The second-order valence-electron chi connectivity index (χ2n) is 4.42. The van der Waals surface area contributed by atoms with Crippen molar-refractivity contribution in [2.45, 2.75) is 45.0 Å². The molecule has 1 aromatic rings. The van der Waals surface area contributed by atoms with Crippen molar-refractivity contribution in [2.75, 3.05) is 6.54 Å². The molecule has 0 saturated heterocycles. The highest BCUT2D eigenvalue weighted by Crippen LogP contribution is 2.34. The van der Waals surface area contributed by atoms with Gasteiger partial charge in [-0.3, -0.25) is 0 Å². The van der Waals surface area contributed by atoms with E-state index in [1.807, 2.05) is 13.0 Å². The predicted octanol–water partition coefficient (Wildman–Crippen LogP) is 4.03. The number of nitrogens with two attached hydrogens (primary N) is 1. The zero-order valence-electron chi connectivity index (χ0n) is 10.5. The monoisotopic (exact) mass is 241 g/mol. The Morgan fingerprint density at radius 2 is 2.00 bits per heavy atom. The molecule has 0 heterocycles. The van der Waals surface area contributed by atoms with Crippen molar-refractivity contribution in [3.05, 3.63) is 35.4 Å². The maximum Gasteiger partial charge on any atom is 0.273 e. The first-order valence-electron chi connectivity index (χ1n) is 6.23. The number of hydrogen-bond acceptors (Lipinski definition) is 1. The molecule has 1 unspecified atom stereocenters. The van der Waals surface area contributed by atoms with Crippen LogP contribution in [0.25, 0.3) is 0 Å². The fourth-order valence-electron chi connectivity index (χ4n) is 2.02. The highest BCUT2D eigenvalue weighted by atomic mass is 19.3. The van der Waals surface area contributed by atoms with Gasteiger partial charge in [-0.1, -0.05) is 38.5 Å². The number of halogens is 2. The summed E-state index contributed by atoms with van der Waals surface area (Å²) in [7, 11) is 0. The van der Waals surface area contributed by atoms with Gasteiger partial charge in [0.1, 0.15) is 0 Å². The first-order chi connectivity index (χ1) is 8.05. The number of rotatable bonds is 6. The summed E-state index contributed by atoms with van der Waals surface area (Å²) >= 11 is 0. The van der Waals surface area contributed by atoms with Crippen molar-refractivity contribution >= 4 is 0 Å². The van der Waals surface area contributed by atoms with Crippen LogP contribution in [-0.2, 0) is 5.92 Å². The minimum atomic E-state index is -2.72. The Hall–Kier alpha value is -0.960. The van der Waals surface area contributed by atoms with Crippen LogP contribution in [0.3, 0.4) is 0 Å². The van der Waals surface area contributed by atoms with E-state index < -0.39 is 5.92 Å². The summed E-state index contributed by atoms with van der Waals surface area (Å²) in [6.07, 6.45) is 1.25. The van der Waals surface area contributed by atoms with Gasteiger partial charge >= 0.3 is 0 Å². The molecule has 2 N–H and O–H groups in total. The average molecular weight is 241 g/mol. The summed E-state index contributed by atoms with van der Waals surface area (Å²) in [4.78, 5) is 0. The SMILES string of the molecule is CCCC(F)(F)c1cccc(C(CC)CN)c1. The molecule has 0 bridgehead atoms. The van der Waals surface area contributed by atoms with E-state index in [9.17, 15) is 8.78 Å². The Kier molecular flexibility index (Phi) is 5.06. The van der Waals surface area contributed by atoms with Crippen LogP contribution in [0.15, 0.2) is 24.3 Å².